The van der Waals surface area contributed by atoms with Crippen LogP contribution in [0.4, 0.5) is 24.5 Å². The van der Waals surface area contributed by atoms with Crippen LogP contribution in [-0.2, 0) is 15.8 Å². The topological polar surface area (TPSA) is 87.3 Å². The molecule has 0 fully saturated rings. The third-order valence-corrected chi connectivity index (χ3v) is 8.83. The van der Waals surface area contributed by atoms with Crippen LogP contribution in [0.2, 0.25) is 10.0 Å². The molecule has 0 saturated heterocycles. The maximum Gasteiger partial charge on any atom is 0.418 e. The molecule has 0 saturated carbocycles. The molecule has 0 spiro atoms. The third kappa shape index (κ3) is 9.54. The summed E-state index contributed by atoms with van der Waals surface area (Å²) in [5, 5.41) is 7.17. The molecule has 12 heteroatoms. The van der Waals surface area contributed by atoms with Crippen LogP contribution in [-0.4, -0.2) is 17.7 Å². The number of halogens is 5. The molecule has 49 heavy (non-hydrogen) atoms. The normalized spacial score (nSPS) is 12.1. The van der Waals surface area contributed by atoms with E-state index in [2.05, 4.69) is 16.0 Å². The summed E-state index contributed by atoms with van der Waals surface area (Å²) in [6.45, 7) is 0. The molecule has 0 aliphatic carbocycles. The molecule has 0 aliphatic rings. The van der Waals surface area contributed by atoms with E-state index in [9.17, 15) is 27.6 Å². The lowest BCUT2D eigenvalue weighted by Crippen LogP contribution is -2.30. The van der Waals surface area contributed by atoms with Gasteiger partial charge in [-0.15, -0.1) is 11.8 Å². The Morgan fingerprint density at radius 3 is 2.02 bits per heavy atom. The minimum absolute atomic E-state index is 0.0540. The summed E-state index contributed by atoms with van der Waals surface area (Å²) in [6, 6.07) is 33.5. The van der Waals surface area contributed by atoms with Crippen molar-refractivity contribution in [3.05, 3.63) is 165 Å². The number of amides is 3. The maximum atomic E-state index is 13.7. The van der Waals surface area contributed by atoms with Gasteiger partial charge in [0.25, 0.3) is 11.8 Å². The van der Waals surface area contributed by atoms with Gasteiger partial charge in [-0.1, -0.05) is 89.9 Å². The fourth-order valence-electron chi connectivity index (χ4n) is 4.60. The highest BCUT2D eigenvalue weighted by molar-refractivity contribution is 8.00. The Bertz CT molecular complexity index is 1990. The van der Waals surface area contributed by atoms with Gasteiger partial charge in [-0.25, -0.2) is 0 Å². The van der Waals surface area contributed by atoms with Crippen molar-refractivity contribution in [3.8, 4) is 0 Å². The molecule has 5 rings (SSSR count). The van der Waals surface area contributed by atoms with Crippen LogP contribution in [0.15, 0.2) is 138 Å². The standard InChI is InChI=1S/C37H26Cl2F3N3O3S/c38-26-15-20-31(29(22-26)37(40,41)42)44-36(48)33(23-9-3-1-4-10-23)49-28-18-16-27(17-19-28)43-35(47)32(21-25-13-7-8-14-30(25)39)45-34(46)24-11-5-2-6-12-24/h1-22,33H,(H,43,47)(H,44,48)(H,45,46)/b32-21-. The first kappa shape index (κ1) is 35.3. The van der Waals surface area contributed by atoms with E-state index in [1.807, 2.05) is 0 Å². The van der Waals surface area contributed by atoms with E-state index in [0.29, 0.717) is 32.3 Å². The molecule has 3 amide bonds. The zero-order chi connectivity index (χ0) is 35.0. The van der Waals surface area contributed by atoms with Crippen molar-refractivity contribution in [2.45, 2.75) is 16.3 Å². The van der Waals surface area contributed by atoms with Crippen LogP contribution in [0.5, 0.6) is 0 Å². The van der Waals surface area contributed by atoms with E-state index < -0.39 is 40.4 Å². The average molecular weight is 721 g/mol. The van der Waals surface area contributed by atoms with E-state index in [4.69, 9.17) is 23.2 Å². The summed E-state index contributed by atoms with van der Waals surface area (Å²) >= 11 is 13.2. The second kappa shape index (κ2) is 15.9. The Kier molecular flexibility index (Phi) is 11.5. The second-order valence-electron chi connectivity index (χ2n) is 10.5. The number of benzene rings is 5. The minimum Gasteiger partial charge on any atom is -0.324 e. The Morgan fingerprint density at radius 1 is 0.735 bits per heavy atom. The van der Waals surface area contributed by atoms with Gasteiger partial charge in [-0.05, 0) is 77.9 Å². The average Bonchev–Trinajstić information content (AvgIpc) is 3.09. The smallest absolute Gasteiger partial charge is 0.324 e. The van der Waals surface area contributed by atoms with Gasteiger partial charge in [0.05, 0.1) is 11.3 Å². The summed E-state index contributed by atoms with van der Waals surface area (Å²) < 4.78 is 41.2. The van der Waals surface area contributed by atoms with Crippen molar-refractivity contribution >= 4 is 70.1 Å². The van der Waals surface area contributed by atoms with Crippen LogP contribution in [0.25, 0.3) is 6.08 Å². The lowest BCUT2D eigenvalue weighted by molar-refractivity contribution is -0.137. The number of nitrogens with one attached hydrogen (secondary N) is 3. The number of hydrogen-bond acceptors (Lipinski definition) is 4. The van der Waals surface area contributed by atoms with Crippen LogP contribution in [0, 0.1) is 0 Å². The van der Waals surface area contributed by atoms with Crippen molar-refractivity contribution in [1.82, 2.24) is 5.32 Å². The Labute approximate surface area is 294 Å². The van der Waals surface area contributed by atoms with Gasteiger partial charge < -0.3 is 16.0 Å². The number of carbonyl (C=O) groups is 3. The number of carbonyl (C=O) groups excluding carboxylic acids is 3. The Morgan fingerprint density at radius 2 is 1.37 bits per heavy atom. The number of hydrogen-bond donors (Lipinski definition) is 3. The van der Waals surface area contributed by atoms with Crippen molar-refractivity contribution in [3.63, 3.8) is 0 Å². The highest BCUT2D eigenvalue weighted by Gasteiger charge is 2.35. The van der Waals surface area contributed by atoms with E-state index >= 15 is 0 Å². The molecule has 0 aliphatic heterocycles. The summed E-state index contributed by atoms with van der Waals surface area (Å²) in [5.41, 5.74) is 0.278. The molecule has 0 aromatic heterocycles. The van der Waals surface area contributed by atoms with Crippen LogP contribution in [0.3, 0.4) is 0 Å². The maximum absolute atomic E-state index is 13.7. The van der Waals surface area contributed by atoms with E-state index in [-0.39, 0.29) is 10.7 Å². The fraction of sp³-hybridized carbons (Fsp3) is 0.0541. The largest absolute Gasteiger partial charge is 0.418 e. The fourth-order valence-corrected chi connectivity index (χ4v) is 5.99. The molecule has 5 aromatic carbocycles. The molecule has 6 nitrogen and oxygen atoms in total. The van der Waals surface area contributed by atoms with E-state index in [1.165, 1.54) is 12.1 Å². The Hall–Kier alpha value is -5.03. The van der Waals surface area contributed by atoms with Gasteiger partial charge in [0.1, 0.15) is 10.9 Å². The highest BCUT2D eigenvalue weighted by atomic mass is 35.5. The number of rotatable bonds is 10. The zero-order valence-electron chi connectivity index (χ0n) is 25.3. The van der Waals surface area contributed by atoms with Gasteiger partial charge in [0.15, 0.2) is 0 Å². The first-order valence-electron chi connectivity index (χ1n) is 14.6. The van der Waals surface area contributed by atoms with Gasteiger partial charge in [0, 0.05) is 26.2 Å². The molecular weight excluding hydrogens is 694 g/mol. The minimum atomic E-state index is -4.74. The first-order chi connectivity index (χ1) is 23.5. The number of anilines is 2. The van der Waals surface area contributed by atoms with Gasteiger partial charge in [-0.2, -0.15) is 13.2 Å². The van der Waals surface area contributed by atoms with Crippen molar-refractivity contribution in [1.29, 1.82) is 0 Å². The molecule has 248 valence electrons. The van der Waals surface area contributed by atoms with E-state index in [1.54, 1.807) is 109 Å². The molecule has 5 aromatic rings. The van der Waals surface area contributed by atoms with Crippen LogP contribution in [0.1, 0.15) is 32.3 Å². The molecule has 3 N–H and O–H groups in total. The van der Waals surface area contributed by atoms with Crippen molar-refractivity contribution in [2.75, 3.05) is 10.6 Å². The molecule has 0 radical (unpaired) electrons. The molecule has 1 atom stereocenters. The monoisotopic (exact) mass is 719 g/mol. The predicted molar refractivity (Wildman–Crippen MR) is 189 cm³/mol. The SMILES string of the molecule is O=C(Nc1ccc(SC(C(=O)Nc2ccc(Cl)cc2C(F)(F)F)c2ccccc2)cc1)/C(=C/c1ccccc1Cl)NC(=O)c1ccccc1. The quantitative estimate of drug-likeness (QED) is 0.0991. The van der Waals surface area contributed by atoms with Gasteiger partial charge >= 0.3 is 6.18 Å². The van der Waals surface area contributed by atoms with Gasteiger partial charge in [-0.3, -0.25) is 14.4 Å². The van der Waals surface area contributed by atoms with Gasteiger partial charge in [0.2, 0.25) is 5.91 Å². The summed E-state index contributed by atoms with van der Waals surface area (Å²) in [5.74, 6) is -1.79. The first-order valence-corrected chi connectivity index (χ1v) is 16.2. The molecule has 0 heterocycles. The lowest BCUT2D eigenvalue weighted by atomic mass is 10.1. The molecule has 1 unspecified atom stereocenters. The van der Waals surface area contributed by atoms with Crippen molar-refractivity contribution < 1.29 is 27.6 Å². The summed E-state index contributed by atoms with van der Waals surface area (Å²) in [6.07, 6.45) is -3.27. The number of thioether (sulfide) groups is 1. The zero-order valence-corrected chi connectivity index (χ0v) is 27.6. The lowest BCUT2D eigenvalue weighted by Gasteiger charge is -2.20. The highest BCUT2D eigenvalue weighted by Crippen LogP contribution is 2.40. The summed E-state index contributed by atoms with van der Waals surface area (Å²) in [7, 11) is 0. The van der Waals surface area contributed by atoms with E-state index in [0.717, 1.165) is 23.9 Å². The van der Waals surface area contributed by atoms with Crippen LogP contribution >= 0.6 is 35.0 Å². The van der Waals surface area contributed by atoms with Crippen LogP contribution < -0.4 is 16.0 Å². The summed E-state index contributed by atoms with van der Waals surface area (Å²) in [4.78, 5) is 40.5. The second-order valence-corrected chi connectivity index (χ2v) is 12.5. The third-order valence-electron chi connectivity index (χ3n) is 6.99. The van der Waals surface area contributed by atoms with Crippen molar-refractivity contribution in [2.24, 2.45) is 0 Å². The number of alkyl halides is 3. The Balaban J connectivity index is 1.35. The molecule has 0 bridgehead atoms. The molecular formula is C37H26Cl2F3N3O3S. The predicted octanol–water partition coefficient (Wildman–Crippen LogP) is 9.89.